The van der Waals surface area contributed by atoms with Gasteiger partial charge in [-0.3, -0.25) is 4.79 Å². The lowest BCUT2D eigenvalue weighted by atomic mass is 10.0. The molecule has 7 nitrogen and oxygen atoms in total. The van der Waals surface area contributed by atoms with E-state index >= 15 is 0 Å². The summed E-state index contributed by atoms with van der Waals surface area (Å²) in [6.45, 7) is 3.56. The Labute approximate surface area is 202 Å². The van der Waals surface area contributed by atoms with Crippen molar-refractivity contribution in [2.75, 3.05) is 0 Å². The summed E-state index contributed by atoms with van der Waals surface area (Å²) in [5.74, 6) is 0.507. The van der Waals surface area contributed by atoms with Crippen molar-refractivity contribution in [1.29, 1.82) is 0 Å². The molecule has 1 heterocycles. The lowest BCUT2D eigenvalue weighted by molar-refractivity contribution is 0.486. The summed E-state index contributed by atoms with van der Waals surface area (Å²) in [5, 5.41) is 6.43. The van der Waals surface area contributed by atoms with Crippen molar-refractivity contribution < 1.29 is 12.6 Å². The van der Waals surface area contributed by atoms with Crippen LogP contribution < -0.4 is 9.74 Å². The topological polar surface area (TPSA) is 90.6 Å². The molecule has 5 rings (SSSR count). The van der Waals surface area contributed by atoms with E-state index in [0.717, 1.165) is 16.3 Å². The van der Waals surface area contributed by atoms with Gasteiger partial charge in [-0.1, -0.05) is 60.2 Å². The monoisotopic (exact) mass is 483 g/mol. The minimum Gasteiger partial charge on any atom is -0.378 e. The van der Waals surface area contributed by atoms with Crippen LogP contribution in [-0.4, -0.2) is 24.3 Å². The van der Waals surface area contributed by atoms with Crippen LogP contribution in [0.1, 0.15) is 17.0 Å². The standard InChI is InChI=1S/C27H21N3O4S/c1-18-11-14-21(15-12-18)35(32,33)34-26-16-13-20-7-3-4-8-22(20)24(26)17-28-30-19(2)29-25-10-6-5-9-23(25)27(30)31/h3-17H,1-2H3/b28-17+. The van der Waals surface area contributed by atoms with Crippen molar-refractivity contribution >= 4 is 38.0 Å². The number of aryl methyl sites for hydroxylation is 2. The molecular formula is C27H21N3O4S. The fraction of sp³-hybridized carbons (Fsp3) is 0.0741. The van der Waals surface area contributed by atoms with E-state index in [1.807, 2.05) is 37.3 Å². The SMILES string of the molecule is Cc1ccc(S(=O)(=O)Oc2ccc3ccccc3c2/C=N/n2c(C)nc3ccccc3c2=O)cc1. The number of aromatic nitrogens is 2. The summed E-state index contributed by atoms with van der Waals surface area (Å²) in [7, 11) is -4.09. The maximum atomic E-state index is 13.0. The van der Waals surface area contributed by atoms with Gasteiger partial charge in [0.1, 0.15) is 10.7 Å². The molecule has 0 aliphatic heterocycles. The van der Waals surface area contributed by atoms with Gasteiger partial charge in [0, 0.05) is 5.56 Å². The molecule has 0 amide bonds. The van der Waals surface area contributed by atoms with Gasteiger partial charge in [0.05, 0.1) is 17.1 Å². The Morgan fingerprint density at radius 3 is 2.31 bits per heavy atom. The molecule has 0 fully saturated rings. The zero-order valence-corrected chi connectivity index (χ0v) is 19.9. The molecule has 0 bridgehead atoms. The van der Waals surface area contributed by atoms with Crippen molar-refractivity contribution in [1.82, 2.24) is 9.66 Å². The highest BCUT2D eigenvalue weighted by molar-refractivity contribution is 7.87. The van der Waals surface area contributed by atoms with E-state index in [0.29, 0.717) is 22.3 Å². The van der Waals surface area contributed by atoms with Gasteiger partial charge in [-0.25, -0.2) is 4.98 Å². The molecule has 0 N–H and O–H groups in total. The summed E-state index contributed by atoms with van der Waals surface area (Å²) in [5.41, 5.74) is 1.63. The van der Waals surface area contributed by atoms with Crippen LogP contribution >= 0.6 is 0 Å². The van der Waals surface area contributed by atoms with Gasteiger partial charge < -0.3 is 4.18 Å². The predicted molar refractivity (Wildman–Crippen MR) is 137 cm³/mol. The van der Waals surface area contributed by atoms with E-state index in [4.69, 9.17) is 4.18 Å². The van der Waals surface area contributed by atoms with E-state index in [1.165, 1.54) is 23.0 Å². The van der Waals surface area contributed by atoms with Crippen LogP contribution in [0.5, 0.6) is 5.75 Å². The summed E-state index contributed by atoms with van der Waals surface area (Å²) in [6, 6.07) is 24.3. The lowest BCUT2D eigenvalue weighted by Crippen LogP contribution is -2.20. The molecule has 0 aliphatic carbocycles. The zero-order valence-electron chi connectivity index (χ0n) is 19.0. The van der Waals surface area contributed by atoms with E-state index in [1.54, 1.807) is 49.4 Å². The van der Waals surface area contributed by atoms with Crippen LogP contribution in [0.2, 0.25) is 0 Å². The van der Waals surface area contributed by atoms with Gasteiger partial charge in [0.2, 0.25) is 0 Å². The molecule has 5 aromatic rings. The predicted octanol–water partition coefficient (Wildman–Crippen LogP) is 4.82. The minimum absolute atomic E-state index is 0.0462. The Morgan fingerprint density at radius 1 is 0.857 bits per heavy atom. The Kier molecular flexibility index (Phi) is 5.66. The third-order valence-electron chi connectivity index (χ3n) is 5.66. The second kappa shape index (κ2) is 8.81. The summed E-state index contributed by atoms with van der Waals surface area (Å²) in [4.78, 5) is 17.6. The van der Waals surface area contributed by atoms with Crippen molar-refractivity contribution in [3.05, 3.63) is 112 Å². The number of nitrogens with zero attached hydrogens (tertiary/aromatic N) is 3. The third-order valence-corrected chi connectivity index (χ3v) is 6.91. The molecular weight excluding hydrogens is 462 g/mol. The Morgan fingerprint density at radius 2 is 1.54 bits per heavy atom. The molecule has 0 saturated heterocycles. The number of hydrogen-bond donors (Lipinski definition) is 0. The van der Waals surface area contributed by atoms with Crippen LogP contribution in [0.4, 0.5) is 0 Å². The molecule has 0 atom stereocenters. The number of para-hydroxylation sites is 1. The van der Waals surface area contributed by atoms with Gasteiger partial charge in [-0.2, -0.15) is 18.2 Å². The van der Waals surface area contributed by atoms with Crippen LogP contribution in [0, 0.1) is 13.8 Å². The smallest absolute Gasteiger partial charge is 0.339 e. The summed E-state index contributed by atoms with van der Waals surface area (Å²) >= 11 is 0. The zero-order chi connectivity index (χ0) is 24.6. The van der Waals surface area contributed by atoms with Gasteiger partial charge in [0.15, 0.2) is 5.75 Å². The quantitative estimate of drug-likeness (QED) is 0.264. The number of hydrogen-bond acceptors (Lipinski definition) is 6. The van der Waals surface area contributed by atoms with Crippen LogP contribution in [0.25, 0.3) is 21.7 Å². The molecule has 8 heteroatoms. The number of rotatable bonds is 5. The second-order valence-corrected chi connectivity index (χ2v) is 9.63. The van der Waals surface area contributed by atoms with E-state index in [9.17, 15) is 13.2 Å². The summed E-state index contributed by atoms with van der Waals surface area (Å²) in [6.07, 6.45) is 1.44. The normalized spacial score (nSPS) is 11.9. The summed E-state index contributed by atoms with van der Waals surface area (Å²) < 4.78 is 32.8. The number of fused-ring (bicyclic) bond motifs is 2. The largest absolute Gasteiger partial charge is 0.378 e. The van der Waals surface area contributed by atoms with Crippen molar-refractivity contribution in [3.63, 3.8) is 0 Å². The van der Waals surface area contributed by atoms with Crippen molar-refractivity contribution in [2.45, 2.75) is 18.7 Å². The molecule has 0 radical (unpaired) electrons. The molecule has 174 valence electrons. The highest BCUT2D eigenvalue weighted by Gasteiger charge is 2.19. The van der Waals surface area contributed by atoms with E-state index in [-0.39, 0.29) is 16.2 Å². The Hall–Kier alpha value is -4.30. The average molecular weight is 484 g/mol. The maximum Gasteiger partial charge on any atom is 0.339 e. The first-order chi connectivity index (χ1) is 16.8. The minimum atomic E-state index is -4.09. The third kappa shape index (κ3) is 4.31. The molecule has 4 aromatic carbocycles. The highest BCUT2D eigenvalue weighted by atomic mass is 32.2. The first-order valence-corrected chi connectivity index (χ1v) is 12.3. The average Bonchev–Trinajstić information content (AvgIpc) is 2.85. The van der Waals surface area contributed by atoms with E-state index < -0.39 is 10.1 Å². The molecule has 0 saturated carbocycles. The highest BCUT2D eigenvalue weighted by Crippen LogP contribution is 2.29. The van der Waals surface area contributed by atoms with Gasteiger partial charge in [-0.05, 0) is 55.0 Å². The van der Waals surface area contributed by atoms with Gasteiger partial charge in [-0.15, -0.1) is 0 Å². The number of benzene rings is 4. The van der Waals surface area contributed by atoms with Crippen LogP contribution in [0.3, 0.4) is 0 Å². The first-order valence-electron chi connectivity index (χ1n) is 10.9. The fourth-order valence-corrected chi connectivity index (χ4v) is 4.79. The van der Waals surface area contributed by atoms with Crippen molar-refractivity contribution in [2.24, 2.45) is 5.10 Å². The second-order valence-electron chi connectivity index (χ2n) is 8.09. The van der Waals surface area contributed by atoms with Crippen LogP contribution in [-0.2, 0) is 10.1 Å². The van der Waals surface area contributed by atoms with E-state index in [2.05, 4.69) is 10.1 Å². The lowest BCUT2D eigenvalue weighted by Gasteiger charge is -2.12. The first kappa shape index (κ1) is 22.5. The maximum absolute atomic E-state index is 13.0. The van der Waals surface area contributed by atoms with Gasteiger partial charge in [0.25, 0.3) is 5.56 Å². The van der Waals surface area contributed by atoms with Crippen LogP contribution in [0.15, 0.2) is 99.7 Å². The fourth-order valence-electron chi connectivity index (χ4n) is 3.84. The molecule has 35 heavy (non-hydrogen) atoms. The molecule has 0 aliphatic rings. The Balaban J connectivity index is 1.64. The van der Waals surface area contributed by atoms with Gasteiger partial charge >= 0.3 is 10.1 Å². The molecule has 1 aromatic heterocycles. The molecule has 0 unspecified atom stereocenters. The Bertz CT molecular complexity index is 1770. The van der Waals surface area contributed by atoms with Crippen molar-refractivity contribution in [3.8, 4) is 5.75 Å². The molecule has 0 spiro atoms.